The maximum absolute atomic E-state index is 12.0. The second-order valence-electron chi connectivity index (χ2n) is 9.43. The SMILES string of the molecule is C=C(C)C(=O)CSc1ccccc1Sc1ccc(SCSc2ccc(Sc3ccccc3SCC(=O)C(=C)C)cc2)cc1. The van der Waals surface area contributed by atoms with Crippen molar-refractivity contribution in [2.45, 2.75) is 53.0 Å². The Kier molecular flexibility index (Phi) is 13.6. The predicted molar refractivity (Wildman–Crippen MR) is 192 cm³/mol. The molecular formula is C35H32O2S6. The molecule has 220 valence electrons. The van der Waals surface area contributed by atoms with Gasteiger partial charge in [0.2, 0.25) is 0 Å². The van der Waals surface area contributed by atoms with Gasteiger partial charge in [-0.2, -0.15) is 0 Å². The number of benzene rings is 4. The summed E-state index contributed by atoms with van der Waals surface area (Å²) < 4.78 is 0. The van der Waals surface area contributed by atoms with E-state index in [9.17, 15) is 9.59 Å². The van der Waals surface area contributed by atoms with Crippen molar-refractivity contribution in [1.82, 2.24) is 0 Å². The number of carbonyl (C=O) groups excluding carboxylic acids is 2. The maximum Gasteiger partial charge on any atom is 0.168 e. The normalized spacial score (nSPS) is 10.8. The monoisotopic (exact) mass is 676 g/mol. The van der Waals surface area contributed by atoms with E-state index in [-0.39, 0.29) is 11.6 Å². The fraction of sp³-hybridized carbons (Fsp3) is 0.143. The molecule has 4 rings (SSSR count). The molecule has 43 heavy (non-hydrogen) atoms. The minimum Gasteiger partial charge on any atom is -0.294 e. The van der Waals surface area contributed by atoms with Gasteiger partial charge >= 0.3 is 0 Å². The molecule has 2 nitrogen and oxygen atoms in total. The number of Topliss-reactive ketones (excluding diaryl/α,β-unsaturated/α-hetero) is 2. The summed E-state index contributed by atoms with van der Waals surface area (Å²) in [5, 5.41) is 0.922. The van der Waals surface area contributed by atoms with Gasteiger partial charge < -0.3 is 0 Å². The van der Waals surface area contributed by atoms with Gasteiger partial charge in [0.25, 0.3) is 0 Å². The van der Waals surface area contributed by atoms with E-state index in [0.717, 1.165) is 24.7 Å². The van der Waals surface area contributed by atoms with Crippen molar-refractivity contribution in [2.75, 3.05) is 16.6 Å². The van der Waals surface area contributed by atoms with E-state index < -0.39 is 0 Å². The second kappa shape index (κ2) is 17.3. The van der Waals surface area contributed by atoms with Crippen molar-refractivity contribution in [2.24, 2.45) is 0 Å². The Morgan fingerprint density at radius 3 is 1.16 bits per heavy atom. The molecule has 0 amide bonds. The topological polar surface area (TPSA) is 34.1 Å². The highest BCUT2D eigenvalue weighted by atomic mass is 32.2. The summed E-state index contributed by atoms with van der Waals surface area (Å²) in [6, 6.07) is 33.8. The minimum atomic E-state index is 0.0871. The Labute approximate surface area is 280 Å². The first-order chi connectivity index (χ1) is 20.8. The molecule has 0 saturated carbocycles. The Bertz CT molecular complexity index is 1460. The van der Waals surface area contributed by atoms with E-state index in [0.29, 0.717) is 22.7 Å². The predicted octanol–water partition coefficient (Wildman–Crippen LogP) is 11.3. The molecule has 0 aliphatic rings. The van der Waals surface area contributed by atoms with Crippen LogP contribution in [0.3, 0.4) is 0 Å². The van der Waals surface area contributed by atoms with Gasteiger partial charge in [0.05, 0.1) is 11.5 Å². The Morgan fingerprint density at radius 1 is 0.488 bits per heavy atom. The number of hydrogen-bond donors (Lipinski definition) is 0. The zero-order chi connectivity index (χ0) is 30.6. The van der Waals surface area contributed by atoms with Gasteiger partial charge in [0.1, 0.15) is 0 Å². The van der Waals surface area contributed by atoms with Gasteiger partial charge in [-0.3, -0.25) is 9.59 Å². The number of rotatable bonds is 16. The number of ketones is 2. The van der Waals surface area contributed by atoms with Crippen molar-refractivity contribution < 1.29 is 9.59 Å². The summed E-state index contributed by atoms with van der Waals surface area (Å²) in [6.45, 7) is 11.0. The summed E-state index contributed by atoms with van der Waals surface area (Å²) in [5.74, 6) is 0.996. The van der Waals surface area contributed by atoms with E-state index in [1.807, 2.05) is 47.8 Å². The molecule has 0 atom stereocenters. The van der Waals surface area contributed by atoms with Crippen LogP contribution in [-0.2, 0) is 9.59 Å². The lowest BCUT2D eigenvalue weighted by Crippen LogP contribution is -2.01. The van der Waals surface area contributed by atoms with E-state index in [1.54, 1.807) is 60.9 Å². The van der Waals surface area contributed by atoms with E-state index in [1.165, 1.54) is 19.6 Å². The van der Waals surface area contributed by atoms with Crippen LogP contribution in [0.15, 0.2) is 161 Å². The summed E-state index contributed by atoms with van der Waals surface area (Å²) in [6.07, 6.45) is 0. The van der Waals surface area contributed by atoms with Gasteiger partial charge in [-0.15, -0.1) is 47.0 Å². The molecule has 0 aliphatic carbocycles. The van der Waals surface area contributed by atoms with Crippen LogP contribution in [-0.4, -0.2) is 28.2 Å². The van der Waals surface area contributed by atoms with Crippen molar-refractivity contribution in [3.05, 3.63) is 121 Å². The molecule has 0 bridgehead atoms. The fourth-order valence-electron chi connectivity index (χ4n) is 3.47. The van der Waals surface area contributed by atoms with Crippen LogP contribution in [0.2, 0.25) is 0 Å². The van der Waals surface area contributed by atoms with Crippen LogP contribution in [0.1, 0.15) is 13.8 Å². The molecule has 0 spiro atoms. The Morgan fingerprint density at radius 2 is 0.814 bits per heavy atom. The fourth-order valence-corrected chi connectivity index (χ4v) is 9.57. The number of thioether (sulfide) groups is 4. The molecule has 0 aromatic heterocycles. The van der Waals surface area contributed by atoms with E-state index >= 15 is 0 Å². The third-order valence-corrected chi connectivity index (χ3v) is 12.6. The first kappa shape index (κ1) is 33.7. The van der Waals surface area contributed by atoms with Crippen LogP contribution in [0, 0.1) is 0 Å². The molecule has 0 unspecified atom stereocenters. The molecule has 4 aromatic carbocycles. The van der Waals surface area contributed by atoms with Gasteiger partial charge in [0, 0.05) is 44.2 Å². The minimum absolute atomic E-state index is 0.0871. The van der Waals surface area contributed by atoms with Gasteiger partial charge in [-0.1, -0.05) is 60.9 Å². The average Bonchev–Trinajstić information content (AvgIpc) is 3.01. The number of carbonyl (C=O) groups is 2. The second-order valence-corrected chi connectivity index (χ2v) is 16.2. The summed E-state index contributed by atoms with van der Waals surface area (Å²) >= 11 is 10.2. The molecule has 0 saturated heterocycles. The van der Waals surface area contributed by atoms with Gasteiger partial charge in [-0.25, -0.2) is 0 Å². The van der Waals surface area contributed by atoms with Crippen molar-refractivity contribution in [3.63, 3.8) is 0 Å². The lowest BCUT2D eigenvalue weighted by molar-refractivity contribution is -0.113. The molecule has 4 aromatic rings. The summed E-state index contributed by atoms with van der Waals surface area (Å²) in [5.41, 5.74) is 1.20. The van der Waals surface area contributed by atoms with E-state index in [2.05, 4.69) is 86.0 Å². The van der Waals surface area contributed by atoms with Crippen LogP contribution < -0.4 is 0 Å². The van der Waals surface area contributed by atoms with Crippen LogP contribution >= 0.6 is 70.6 Å². The third-order valence-electron chi connectivity index (χ3n) is 5.92. The highest BCUT2D eigenvalue weighted by Gasteiger charge is 2.10. The highest BCUT2D eigenvalue weighted by Crippen LogP contribution is 2.38. The molecule has 0 radical (unpaired) electrons. The summed E-state index contributed by atoms with van der Waals surface area (Å²) in [4.78, 5) is 33.3. The van der Waals surface area contributed by atoms with E-state index in [4.69, 9.17) is 0 Å². The zero-order valence-electron chi connectivity index (χ0n) is 24.0. The quantitative estimate of drug-likeness (QED) is 0.0659. The van der Waals surface area contributed by atoms with Crippen LogP contribution in [0.4, 0.5) is 0 Å². The summed E-state index contributed by atoms with van der Waals surface area (Å²) in [7, 11) is 0. The largest absolute Gasteiger partial charge is 0.294 e. The average molecular weight is 677 g/mol. The lowest BCUT2D eigenvalue weighted by atomic mass is 10.2. The molecule has 0 N–H and O–H groups in total. The van der Waals surface area contributed by atoms with Crippen molar-refractivity contribution >= 4 is 82.1 Å². The van der Waals surface area contributed by atoms with Crippen molar-refractivity contribution in [3.8, 4) is 0 Å². The standard InChI is InChI=1S/C35H32O2S6/c1-24(2)30(36)21-38-32-9-5-7-11-34(32)42-28-17-13-26(14-18-28)40-23-41-27-15-19-29(20-16-27)43-35-12-8-6-10-33(35)39-22-31(37)25(3)4/h5-20H,1,3,21-23H2,2,4H3. The van der Waals surface area contributed by atoms with Gasteiger partial charge in [0.15, 0.2) is 11.6 Å². The maximum atomic E-state index is 12.0. The molecule has 0 fully saturated rings. The van der Waals surface area contributed by atoms with Gasteiger partial charge in [-0.05, 0) is 97.8 Å². The number of allylic oxidation sites excluding steroid dienone is 2. The molecule has 8 heteroatoms. The first-order valence-electron chi connectivity index (χ1n) is 13.4. The van der Waals surface area contributed by atoms with Crippen LogP contribution in [0.5, 0.6) is 0 Å². The molecule has 0 heterocycles. The third kappa shape index (κ3) is 11.0. The zero-order valence-corrected chi connectivity index (χ0v) is 28.9. The Balaban J connectivity index is 1.25. The van der Waals surface area contributed by atoms with Crippen LogP contribution in [0.25, 0.3) is 0 Å². The molecular weight excluding hydrogens is 645 g/mol. The number of hydrogen-bond acceptors (Lipinski definition) is 8. The lowest BCUT2D eigenvalue weighted by Gasteiger charge is -2.10. The smallest absolute Gasteiger partial charge is 0.168 e. The Hall–Kier alpha value is -2.20. The highest BCUT2D eigenvalue weighted by molar-refractivity contribution is 8.16. The first-order valence-corrected chi connectivity index (χ1v) is 19.0. The van der Waals surface area contributed by atoms with Crippen molar-refractivity contribution in [1.29, 1.82) is 0 Å². The molecule has 0 aliphatic heterocycles.